The van der Waals surface area contributed by atoms with Crippen molar-refractivity contribution in [3.05, 3.63) is 71.8 Å². The number of unbranched alkanes of at least 4 members (excludes halogenated alkanes) is 15. The molecule has 4 aliphatic heterocycles. The number of hydrogen-bond acceptors (Lipinski definition) is 6. The van der Waals surface area contributed by atoms with Crippen molar-refractivity contribution in [1.82, 2.24) is 4.90 Å². The molecule has 3 fully saturated rings. The van der Waals surface area contributed by atoms with Gasteiger partial charge in [-0.2, -0.15) is 0 Å². The Morgan fingerprint density at radius 3 is 2.03 bits per heavy atom. The van der Waals surface area contributed by atoms with E-state index < -0.39 is 6.10 Å². The van der Waals surface area contributed by atoms with Gasteiger partial charge in [0.1, 0.15) is 11.9 Å². The first-order valence-corrected chi connectivity index (χ1v) is 24.5. The van der Waals surface area contributed by atoms with Crippen LogP contribution in [0.15, 0.2) is 55.1 Å². The van der Waals surface area contributed by atoms with E-state index in [0.29, 0.717) is 23.8 Å². The number of fused-ring (bicyclic) bond motifs is 4. The summed E-state index contributed by atoms with van der Waals surface area (Å²) in [5, 5.41) is 7.25. The fourth-order valence-corrected chi connectivity index (χ4v) is 11.2. The van der Waals surface area contributed by atoms with Crippen molar-refractivity contribution in [3.8, 4) is 5.75 Å². The molecule has 2 bridgehead atoms. The summed E-state index contributed by atoms with van der Waals surface area (Å²) in [6, 6.07) is 12.6. The molecular weight excluding hydrogens is 735 g/mol. The van der Waals surface area contributed by atoms with Crippen LogP contribution in [0.1, 0.15) is 179 Å². The lowest BCUT2D eigenvalue weighted by molar-refractivity contribution is -0.0388. The predicted molar refractivity (Wildman–Crippen MR) is 251 cm³/mol. The molecule has 6 nitrogen and oxygen atoms in total. The lowest BCUT2D eigenvalue weighted by Gasteiger charge is -2.55. The van der Waals surface area contributed by atoms with E-state index in [0.717, 1.165) is 52.4 Å². The van der Waals surface area contributed by atoms with Gasteiger partial charge < -0.3 is 14.8 Å². The molecule has 1 amide bonds. The molecule has 0 saturated carbocycles. The second kappa shape index (κ2) is 24.4. The molecule has 3 unspecified atom stereocenters. The molecule has 0 radical (unpaired) electrons. The number of thioether (sulfide) groups is 1. The van der Waals surface area contributed by atoms with E-state index in [9.17, 15) is 4.79 Å². The van der Waals surface area contributed by atoms with Crippen LogP contribution in [0.2, 0.25) is 0 Å². The molecule has 4 aliphatic rings. The fraction of sp³-hybridized carbons (Fsp3) is 0.667. The smallest absolute Gasteiger partial charge is 0.412 e. The Labute approximate surface area is 358 Å². The van der Waals surface area contributed by atoms with Crippen LogP contribution in [0, 0.1) is 11.8 Å². The number of hydrogen-bond donors (Lipinski definition) is 2. The molecule has 0 aliphatic carbocycles. The quantitative estimate of drug-likeness (QED) is 0.0729. The highest BCUT2D eigenvalue weighted by atomic mass is 32.2. The van der Waals surface area contributed by atoms with Crippen LogP contribution in [0.25, 0.3) is 5.57 Å². The maximum atomic E-state index is 14.3. The summed E-state index contributed by atoms with van der Waals surface area (Å²) < 4.78 is 12.5. The summed E-state index contributed by atoms with van der Waals surface area (Å²) in [4.78, 5) is 17.0. The monoisotopic (exact) mass is 814 g/mol. The summed E-state index contributed by atoms with van der Waals surface area (Å²) in [6.07, 6.45) is 28.1. The Balaban J connectivity index is 1.20. The van der Waals surface area contributed by atoms with Gasteiger partial charge in [0.15, 0.2) is 0 Å². The van der Waals surface area contributed by atoms with Crippen LogP contribution >= 0.6 is 11.8 Å². The van der Waals surface area contributed by atoms with Crippen LogP contribution in [0.5, 0.6) is 5.75 Å². The molecular formula is C51H79N3O3S. The van der Waals surface area contributed by atoms with E-state index in [1.54, 1.807) is 7.11 Å². The standard InChI is InChI=1S/C51H79N3O3S/c1-8-10-11-12-13-14-15-16-17-18-19-20-21-22-23-24-32-58-48-34-40-33-47(54(48)36-39(40)9-2)50(44-30-31-52-46-29-28-41(56-7)35-45(44)46)57-51(55)53-49-42(37(3)4)26-25-27-43(49)38(5)6/h9,25-30,35,37-40,47-48,50,52H,2,8,10-24,31-34,36H2,1,3-7H3,(H,53,55)/t39-,40?,47-,48?,50+/m0/s1. The summed E-state index contributed by atoms with van der Waals surface area (Å²) in [6.45, 7) is 16.9. The number of piperidine rings is 3. The third kappa shape index (κ3) is 13.0. The second-order valence-corrected chi connectivity index (χ2v) is 19.3. The van der Waals surface area contributed by atoms with Gasteiger partial charge in [-0.15, -0.1) is 18.3 Å². The topological polar surface area (TPSA) is 62.8 Å². The number of amides is 1. The minimum Gasteiger partial charge on any atom is -0.497 e. The highest BCUT2D eigenvalue weighted by Crippen LogP contribution is 2.48. The molecule has 58 heavy (non-hydrogen) atoms. The average molecular weight is 814 g/mol. The molecule has 3 saturated heterocycles. The van der Waals surface area contributed by atoms with E-state index in [2.05, 4.69) is 111 Å². The van der Waals surface area contributed by atoms with Crippen LogP contribution < -0.4 is 15.4 Å². The lowest BCUT2D eigenvalue weighted by Crippen LogP contribution is -2.61. The van der Waals surface area contributed by atoms with E-state index in [1.807, 2.05) is 6.07 Å². The Hall–Kier alpha value is -2.90. The van der Waals surface area contributed by atoms with Crippen molar-refractivity contribution >= 4 is 34.8 Å². The molecule has 6 atom stereocenters. The Morgan fingerprint density at radius 1 is 0.879 bits per heavy atom. The van der Waals surface area contributed by atoms with Crippen molar-refractivity contribution in [3.63, 3.8) is 0 Å². The molecule has 322 valence electrons. The number of carbonyl (C=O) groups excluding carboxylic acids is 1. The number of anilines is 2. The predicted octanol–water partition coefficient (Wildman–Crippen LogP) is 14.6. The van der Waals surface area contributed by atoms with Crippen molar-refractivity contribution < 1.29 is 14.3 Å². The first-order chi connectivity index (χ1) is 28.2. The average Bonchev–Trinajstić information content (AvgIpc) is 3.23. The maximum absolute atomic E-state index is 14.3. The zero-order valence-corrected chi connectivity index (χ0v) is 38.1. The normalized spacial score (nSPS) is 21.7. The Kier molecular flexibility index (Phi) is 19.4. The van der Waals surface area contributed by atoms with E-state index in [-0.39, 0.29) is 24.0 Å². The molecule has 4 heterocycles. The molecule has 0 aromatic heterocycles. The number of nitrogens with one attached hydrogen (secondary N) is 2. The number of benzene rings is 2. The van der Waals surface area contributed by atoms with E-state index in [4.69, 9.17) is 9.47 Å². The van der Waals surface area contributed by atoms with Crippen molar-refractivity contribution in [1.29, 1.82) is 0 Å². The van der Waals surface area contributed by atoms with Crippen molar-refractivity contribution in [2.75, 3.05) is 36.6 Å². The summed E-state index contributed by atoms with van der Waals surface area (Å²) in [5.74, 6) is 3.48. The minimum absolute atomic E-state index is 0.0670. The first-order valence-electron chi connectivity index (χ1n) is 23.5. The molecule has 2 N–H and O–H groups in total. The van der Waals surface area contributed by atoms with Gasteiger partial charge in [-0.25, -0.2) is 4.79 Å². The molecule has 0 spiro atoms. The number of methoxy groups -OCH3 is 1. The minimum atomic E-state index is -0.436. The number of nitrogens with zero attached hydrogens (tertiary/aromatic N) is 1. The van der Waals surface area contributed by atoms with Crippen LogP contribution in [-0.2, 0) is 4.74 Å². The highest BCUT2D eigenvalue weighted by molar-refractivity contribution is 7.99. The number of para-hydroxylation sites is 1. The van der Waals surface area contributed by atoms with Crippen LogP contribution in [0.4, 0.5) is 16.2 Å². The zero-order chi connectivity index (χ0) is 41.3. The largest absolute Gasteiger partial charge is 0.497 e. The highest BCUT2D eigenvalue weighted by Gasteiger charge is 2.49. The molecule has 6 rings (SSSR count). The van der Waals surface area contributed by atoms with Crippen molar-refractivity contribution in [2.24, 2.45) is 11.8 Å². The summed E-state index contributed by atoms with van der Waals surface area (Å²) in [7, 11) is 1.71. The molecule has 2 aromatic carbocycles. The van der Waals surface area contributed by atoms with Gasteiger partial charge in [0, 0.05) is 29.9 Å². The molecule has 7 heteroatoms. The van der Waals surface area contributed by atoms with Crippen LogP contribution in [-0.4, -0.2) is 54.5 Å². The Morgan fingerprint density at radius 2 is 1.48 bits per heavy atom. The molecule has 2 aromatic rings. The van der Waals surface area contributed by atoms with Gasteiger partial charge in [0.2, 0.25) is 0 Å². The Bertz CT molecular complexity index is 1560. The van der Waals surface area contributed by atoms with E-state index in [1.165, 1.54) is 115 Å². The second-order valence-electron chi connectivity index (χ2n) is 18.0. The fourth-order valence-electron chi connectivity index (χ4n) is 9.73. The van der Waals surface area contributed by atoms with Gasteiger partial charge in [-0.05, 0) is 78.0 Å². The third-order valence-corrected chi connectivity index (χ3v) is 14.5. The lowest BCUT2D eigenvalue weighted by atomic mass is 9.72. The maximum Gasteiger partial charge on any atom is 0.412 e. The SMILES string of the molecule is C=C[C@H]1CN2C(SCCCCCCCCCCCCCCCCCC)CC1C[C@H]2[C@H](OC(=O)Nc1c(C(C)C)cccc1C(C)C)C1=CCNc2ccc(OC)cc21. The number of rotatable bonds is 26. The zero-order valence-electron chi connectivity index (χ0n) is 37.3. The third-order valence-electron chi connectivity index (χ3n) is 13.1. The van der Waals surface area contributed by atoms with Gasteiger partial charge >= 0.3 is 6.09 Å². The van der Waals surface area contributed by atoms with Gasteiger partial charge in [-0.1, -0.05) is 161 Å². The number of carbonyl (C=O) groups is 1. The van der Waals surface area contributed by atoms with Gasteiger partial charge in [0.05, 0.1) is 24.2 Å². The van der Waals surface area contributed by atoms with Gasteiger partial charge in [0.25, 0.3) is 0 Å². The van der Waals surface area contributed by atoms with Crippen molar-refractivity contribution in [2.45, 2.75) is 180 Å². The van der Waals surface area contributed by atoms with Crippen LogP contribution in [0.3, 0.4) is 0 Å². The number of ether oxygens (including phenoxy) is 2. The summed E-state index contributed by atoms with van der Waals surface area (Å²) >= 11 is 2.13. The van der Waals surface area contributed by atoms with E-state index >= 15 is 0 Å². The first kappa shape index (κ1) is 46.2. The van der Waals surface area contributed by atoms with Gasteiger partial charge in [-0.3, -0.25) is 10.2 Å². The summed E-state index contributed by atoms with van der Waals surface area (Å²) in [5.41, 5.74) is 6.33.